The monoisotopic (exact) mass is 234 g/mol. The number of carbonyl (C=O) groups is 1. The van der Waals surface area contributed by atoms with Gasteiger partial charge < -0.3 is 21.5 Å². The molecular formula is C8H18N4O2S. The highest BCUT2D eigenvalue weighted by Crippen LogP contribution is 1.87. The van der Waals surface area contributed by atoms with Crippen LogP contribution in [0.15, 0.2) is 0 Å². The summed E-state index contributed by atoms with van der Waals surface area (Å²) in [5.41, 5.74) is 5.29. The zero-order chi connectivity index (χ0) is 11.7. The molecule has 0 aliphatic heterocycles. The lowest BCUT2D eigenvalue weighted by molar-refractivity contribution is -0.138. The number of nitrogens with two attached hydrogens (primary N) is 1. The van der Waals surface area contributed by atoms with Crippen molar-refractivity contribution in [3.8, 4) is 0 Å². The maximum absolute atomic E-state index is 10.4. The fourth-order valence-corrected chi connectivity index (χ4v) is 1.12. The predicted molar refractivity (Wildman–Crippen MR) is 62.3 cm³/mol. The van der Waals surface area contributed by atoms with Gasteiger partial charge in [0.05, 0.1) is 0 Å². The third-order valence-corrected chi connectivity index (χ3v) is 2.29. The summed E-state index contributed by atoms with van der Waals surface area (Å²) in [4.78, 5) is 10.4. The van der Waals surface area contributed by atoms with Crippen LogP contribution in [0.2, 0.25) is 0 Å². The Morgan fingerprint density at radius 3 is 2.67 bits per heavy atom. The molecule has 0 unspecified atom stereocenters. The van der Waals surface area contributed by atoms with Crippen LogP contribution in [0, 0.1) is 5.41 Å². The molecule has 88 valence electrons. The third kappa shape index (κ3) is 8.07. The molecule has 0 aromatic rings. The van der Waals surface area contributed by atoms with Gasteiger partial charge in [-0.25, -0.2) is 0 Å². The highest BCUT2D eigenvalue weighted by Gasteiger charge is 2.10. The van der Waals surface area contributed by atoms with E-state index in [4.69, 9.17) is 16.2 Å². The summed E-state index contributed by atoms with van der Waals surface area (Å²) in [7, 11) is 0. The normalized spacial score (nSPS) is 11.9. The molecule has 0 saturated carbocycles. The first-order chi connectivity index (χ1) is 7.07. The number of rotatable bonds is 7. The van der Waals surface area contributed by atoms with E-state index in [9.17, 15) is 4.79 Å². The van der Waals surface area contributed by atoms with E-state index >= 15 is 0 Å². The number of hydrogen-bond acceptors (Lipinski definition) is 4. The number of aliphatic carboxylic acids is 1. The number of hydrogen-bond donors (Lipinski definition) is 5. The van der Waals surface area contributed by atoms with Gasteiger partial charge in [0.15, 0.2) is 5.96 Å². The molecule has 7 heteroatoms. The Bertz CT molecular complexity index is 213. The van der Waals surface area contributed by atoms with E-state index < -0.39 is 12.0 Å². The molecule has 0 aliphatic rings. The van der Waals surface area contributed by atoms with Gasteiger partial charge in [-0.05, 0) is 12.7 Å². The number of carboxylic acids is 1. The molecule has 0 heterocycles. The molecule has 0 spiro atoms. The van der Waals surface area contributed by atoms with Crippen molar-refractivity contribution in [3.63, 3.8) is 0 Å². The molecule has 0 amide bonds. The van der Waals surface area contributed by atoms with Gasteiger partial charge in [-0.3, -0.25) is 10.2 Å². The summed E-state index contributed by atoms with van der Waals surface area (Å²) in [5, 5.41) is 21.5. The van der Waals surface area contributed by atoms with Crippen LogP contribution in [0.3, 0.4) is 0 Å². The first kappa shape index (κ1) is 14.1. The minimum atomic E-state index is -1.02. The maximum Gasteiger partial charge on any atom is 0.320 e. The average molecular weight is 234 g/mol. The van der Waals surface area contributed by atoms with Gasteiger partial charge in [-0.15, -0.1) is 0 Å². The fraction of sp³-hybridized carbons (Fsp3) is 0.750. The smallest absolute Gasteiger partial charge is 0.320 e. The minimum Gasteiger partial charge on any atom is -0.480 e. The molecule has 1 atom stereocenters. The van der Waals surface area contributed by atoms with Crippen molar-refractivity contribution in [3.05, 3.63) is 0 Å². The second-order valence-corrected chi connectivity index (χ2v) is 3.94. The zero-order valence-electron chi connectivity index (χ0n) is 8.75. The van der Waals surface area contributed by atoms with Crippen molar-refractivity contribution in [2.75, 3.05) is 25.1 Å². The first-order valence-corrected chi connectivity index (χ1v) is 6.01. The van der Waals surface area contributed by atoms with Crippen molar-refractivity contribution in [1.82, 2.24) is 10.6 Å². The Morgan fingerprint density at radius 1 is 1.53 bits per heavy atom. The molecule has 15 heavy (non-hydrogen) atoms. The fourth-order valence-electron chi connectivity index (χ4n) is 0.817. The predicted octanol–water partition coefficient (Wildman–Crippen LogP) is -0.735. The second kappa shape index (κ2) is 8.37. The first-order valence-electron chi connectivity index (χ1n) is 4.61. The van der Waals surface area contributed by atoms with Crippen molar-refractivity contribution >= 4 is 23.7 Å². The zero-order valence-corrected chi connectivity index (χ0v) is 9.56. The lowest BCUT2D eigenvalue weighted by Crippen LogP contribution is -2.40. The van der Waals surface area contributed by atoms with E-state index in [2.05, 4.69) is 10.6 Å². The maximum atomic E-state index is 10.4. The van der Waals surface area contributed by atoms with E-state index in [1.807, 2.05) is 6.26 Å². The largest absolute Gasteiger partial charge is 0.480 e. The van der Waals surface area contributed by atoms with E-state index in [-0.39, 0.29) is 5.96 Å². The number of guanidine groups is 1. The summed E-state index contributed by atoms with van der Waals surface area (Å²) in [6.45, 7) is 1.11. The molecule has 0 fully saturated rings. The highest BCUT2D eigenvalue weighted by molar-refractivity contribution is 7.98. The molecule has 0 radical (unpaired) electrons. The molecule has 6 nitrogen and oxygen atoms in total. The highest BCUT2D eigenvalue weighted by atomic mass is 32.2. The van der Waals surface area contributed by atoms with Gasteiger partial charge in [0.25, 0.3) is 0 Å². The van der Waals surface area contributed by atoms with Gasteiger partial charge in [-0.1, -0.05) is 0 Å². The molecule has 0 aromatic carbocycles. The Labute approximate surface area is 93.5 Å². The van der Waals surface area contributed by atoms with E-state index in [1.54, 1.807) is 11.8 Å². The molecule has 0 bridgehead atoms. The van der Waals surface area contributed by atoms with Gasteiger partial charge in [0, 0.05) is 18.8 Å². The van der Waals surface area contributed by atoms with Gasteiger partial charge in [0.1, 0.15) is 6.04 Å². The number of thioether (sulfide) groups is 1. The quantitative estimate of drug-likeness (QED) is 0.225. The van der Waals surface area contributed by atoms with Crippen molar-refractivity contribution < 1.29 is 9.90 Å². The molecule has 0 saturated heterocycles. The third-order valence-electron chi connectivity index (χ3n) is 1.68. The summed E-state index contributed by atoms with van der Waals surface area (Å²) in [5.74, 6) is 0.124. The minimum absolute atomic E-state index is 0.210. The van der Waals surface area contributed by atoms with Crippen LogP contribution < -0.4 is 16.4 Å². The average Bonchev–Trinajstić information content (AvgIpc) is 2.18. The second-order valence-electron chi connectivity index (χ2n) is 2.95. The van der Waals surface area contributed by atoms with Crippen molar-refractivity contribution in [2.45, 2.75) is 12.5 Å². The lowest BCUT2D eigenvalue weighted by Gasteiger charge is -2.11. The standard InChI is InChI=1S/C8H18N4O2S/c1-15-5-4-12-8(10)11-3-2-6(9)7(13)14/h6H,2-5,9H2,1H3,(H,13,14)(H3,10,11,12)/t6-/m0/s1. The summed E-state index contributed by atoms with van der Waals surface area (Å²) < 4.78 is 0. The number of nitrogens with one attached hydrogen (secondary N) is 3. The topological polar surface area (TPSA) is 111 Å². The Hall–Kier alpha value is -0.950. The number of carboxylic acid groups (broad SMARTS) is 1. The van der Waals surface area contributed by atoms with Crippen molar-refractivity contribution in [1.29, 1.82) is 5.41 Å². The summed E-state index contributed by atoms with van der Waals surface area (Å²) >= 11 is 1.69. The SMILES string of the molecule is CSCCNC(=N)NCC[C@H](N)C(=O)O. The van der Waals surface area contributed by atoms with Crippen LogP contribution in [0.4, 0.5) is 0 Å². The lowest BCUT2D eigenvalue weighted by atomic mass is 10.2. The molecule has 0 rings (SSSR count). The molecule has 0 aliphatic carbocycles. The van der Waals surface area contributed by atoms with E-state index in [0.717, 1.165) is 12.3 Å². The van der Waals surface area contributed by atoms with Crippen LogP contribution in [-0.2, 0) is 4.79 Å². The van der Waals surface area contributed by atoms with Gasteiger partial charge in [0.2, 0.25) is 0 Å². The summed E-state index contributed by atoms with van der Waals surface area (Å²) in [6.07, 6.45) is 2.30. The van der Waals surface area contributed by atoms with Crippen LogP contribution in [0.25, 0.3) is 0 Å². The van der Waals surface area contributed by atoms with E-state index in [0.29, 0.717) is 13.0 Å². The Balaban J connectivity index is 3.42. The molecule has 6 N–H and O–H groups in total. The van der Waals surface area contributed by atoms with Crippen LogP contribution in [0.1, 0.15) is 6.42 Å². The van der Waals surface area contributed by atoms with Gasteiger partial charge >= 0.3 is 5.97 Å². The van der Waals surface area contributed by atoms with Gasteiger partial charge in [-0.2, -0.15) is 11.8 Å². The molecule has 0 aromatic heterocycles. The van der Waals surface area contributed by atoms with Crippen LogP contribution in [-0.4, -0.2) is 48.2 Å². The van der Waals surface area contributed by atoms with Crippen molar-refractivity contribution in [2.24, 2.45) is 5.73 Å². The van der Waals surface area contributed by atoms with Crippen LogP contribution in [0.5, 0.6) is 0 Å². The van der Waals surface area contributed by atoms with E-state index in [1.165, 1.54) is 0 Å². The Kier molecular flexibility index (Phi) is 7.84. The Morgan fingerprint density at radius 2 is 2.13 bits per heavy atom. The molecular weight excluding hydrogens is 216 g/mol. The van der Waals surface area contributed by atoms with Crippen LogP contribution >= 0.6 is 11.8 Å². The summed E-state index contributed by atoms with van der Waals surface area (Å²) in [6, 6.07) is -0.864.